The maximum absolute atomic E-state index is 5.70. The third-order valence-corrected chi connectivity index (χ3v) is 10.2. The van der Waals surface area contributed by atoms with Crippen LogP contribution in [0.1, 0.15) is 155 Å². The Kier molecular flexibility index (Phi) is 61.0. The molecule has 0 rings (SSSR count). The van der Waals surface area contributed by atoms with E-state index in [1.54, 1.807) is 0 Å². The van der Waals surface area contributed by atoms with Gasteiger partial charge in [0.05, 0.1) is 159 Å². The molecule has 0 aromatic heterocycles. The van der Waals surface area contributed by atoms with Gasteiger partial charge in [0.1, 0.15) is 0 Å². The van der Waals surface area contributed by atoms with Gasteiger partial charge in [-0.1, -0.05) is 142 Å². The number of hydrogen-bond donors (Lipinski definition) is 0. The first kappa shape index (κ1) is 62.5. The molecule has 0 aliphatic carbocycles. The summed E-state index contributed by atoms with van der Waals surface area (Å²) < 4.78 is 72.3. The third-order valence-electron chi connectivity index (χ3n) is 10.2. The van der Waals surface area contributed by atoms with Crippen LogP contribution in [0.2, 0.25) is 0 Å². The Hall–Kier alpha value is -0.520. The lowest BCUT2D eigenvalue weighted by Crippen LogP contribution is -2.15. The van der Waals surface area contributed by atoms with Crippen LogP contribution < -0.4 is 0 Å². The lowest BCUT2D eigenvalue weighted by Gasteiger charge is -2.09. The second kappa shape index (κ2) is 61.5. The predicted molar refractivity (Wildman–Crippen MR) is 254 cm³/mol. The first-order valence-corrected chi connectivity index (χ1v) is 25.9. The van der Waals surface area contributed by atoms with Crippen LogP contribution in [0.15, 0.2) is 0 Å². The van der Waals surface area contributed by atoms with E-state index in [0.717, 1.165) is 26.1 Å². The molecule has 0 N–H and O–H groups in total. The zero-order valence-electron chi connectivity index (χ0n) is 41.2. The molecule has 0 bridgehead atoms. The Morgan fingerprint density at radius 1 is 0.127 bits per heavy atom. The van der Waals surface area contributed by atoms with E-state index in [1.807, 2.05) is 0 Å². The van der Waals surface area contributed by atoms with Crippen LogP contribution in [0.5, 0.6) is 0 Å². The lowest BCUT2D eigenvalue weighted by molar-refractivity contribution is -0.0290. The minimum Gasteiger partial charge on any atom is -0.379 e. The smallest absolute Gasteiger partial charge is 0.0701 e. The standard InChI is InChI=1S/C50H102O13/c1-3-5-7-9-11-13-14-15-16-17-18-20-22-24-26-52-28-30-54-32-34-56-36-38-58-40-42-60-44-46-62-48-50-63-49-47-61-45-43-59-41-39-57-37-35-55-33-31-53-29-27-51-25-23-21-19-12-10-8-6-4-2/h3-50H2,1-2H3. The second-order valence-electron chi connectivity index (χ2n) is 16.0. The van der Waals surface area contributed by atoms with Gasteiger partial charge in [-0.3, -0.25) is 0 Å². The molecule has 63 heavy (non-hydrogen) atoms. The van der Waals surface area contributed by atoms with Gasteiger partial charge in [0.2, 0.25) is 0 Å². The molecule has 0 unspecified atom stereocenters. The molecule has 0 aromatic carbocycles. The zero-order chi connectivity index (χ0) is 45.1. The highest BCUT2D eigenvalue weighted by Gasteiger charge is 1.99. The van der Waals surface area contributed by atoms with Gasteiger partial charge in [0.25, 0.3) is 0 Å². The predicted octanol–water partition coefficient (Wildman–Crippen LogP) is 9.82. The van der Waals surface area contributed by atoms with Gasteiger partial charge in [-0.25, -0.2) is 0 Å². The normalized spacial score (nSPS) is 11.7. The molecular weight excluding hydrogens is 809 g/mol. The number of unbranched alkanes of at least 4 members (excludes halogenated alkanes) is 20. The number of ether oxygens (including phenoxy) is 13. The maximum atomic E-state index is 5.70. The van der Waals surface area contributed by atoms with Gasteiger partial charge in [0.15, 0.2) is 0 Å². The molecule has 0 saturated heterocycles. The van der Waals surface area contributed by atoms with Crippen molar-refractivity contribution in [2.24, 2.45) is 0 Å². The van der Waals surface area contributed by atoms with Crippen LogP contribution in [0, 0.1) is 0 Å². The summed E-state index contributed by atoms with van der Waals surface area (Å²) >= 11 is 0. The minimum absolute atomic E-state index is 0.518. The van der Waals surface area contributed by atoms with Crippen molar-refractivity contribution in [3.63, 3.8) is 0 Å². The van der Waals surface area contributed by atoms with Crippen LogP contribution in [-0.2, 0) is 61.6 Å². The first-order valence-electron chi connectivity index (χ1n) is 25.9. The van der Waals surface area contributed by atoms with Crippen molar-refractivity contribution in [3.8, 4) is 0 Å². The van der Waals surface area contributed by atoms with E-state index in [0.29, 0.717) is 159 Å². The largest absolute Gasteiger partial charge is 0.379 e. The molecule has 13 heteroatoms. The Balaban J connectivity index is 3.06. The van der Waals surface area contributed by atoms with Crippen LogP contribution in [0.4, 0.5) is 0 Å². The summed E-state index contributed by atoms with van der Waals surface area (Å²) in [5.74, 6) is 0. The zero-order valence-corrected chi connectivity index (χ0v) is 41.2. The highest BCUT2D eigenvalue weighted by Crippen LogP contribution is 2.13. The molecule has 0 spiro atoms. The van der Waals surface area contributed by atoms with E-state index in [-0.39, 0.29) is 0 Å². The van der Waals surface area contributed by atoms with Gasteiger partial charge in [0, 0.05) is 13.2 Å². The third kappa shape index (κ3) is 61.5. The Bertz CT molecular complexity index is 710. The number of hydrogen-bond acceptors (Lipinski definition) is 13. The molecule has 0 aliphatic rings. The SMILES string of the molecule is CCCCCCCCCCCCCCCCOCCOCCOCCOCCOCCOCCOCCOCCOCCOCCOCCOCCOCCCCCCCCCC. The quantitative estimate of drug-likeness (QED) is 0.0539. The highest BCUT2D eigenvalue weighted by molar-refractivity contribution is 4.50. The van der Waals surface area contributed by atoms with Crippen molar-refractivity contribution in [1.82, 2.24) is 0 Å². The van der Waals surface area contributed by atoms with Crippen LogP contribution in [0.3, 0.4) is 0 Å². The van der Waals surface area contributed by atoms with Crippen LogP contribution in [-0.4, -0.2) is 172 Å². The van der Waals surface area contributed by atoms with Gasteiger partial charge in [-0.05, 0) is 12.8 Å². The van der Waals surface area contributed by atoms with Crippen molar-refractivity contribution < 1.29 is 61.6 Å². The summed E-state index contributed by atoms with van der Waals surface area (Å²) in [6.45, 7) is 19.4. The van der Waals surface area contributed by atoms with E-state index < -0.39 is 0 Å². The van der Waals surface area contributed by atoms with Crippen molar-refractivity contribution in [2.75, 3.05) is 172 Å². The fourth-order valence-corrected chi connectivity index (χ4v) is 6.48. The van der Waals surface area contributed by atoms with Gasteiger partial charge in [-0.15, -0.1) is 0 Å². The van der Waals surface area contributed by atoms with Crippen molar-refractivity contribution in [1.29, 1.82) is 0 Å². The summed E-state index contributed by atoms with van der Waals surface area (Å²) in [7, 11) is 0. The molecule has 0 aromatic rings. The lowest BCUT2D eigenvalue weighted by atomic mass is 10.0. The summed E-state index contributed by atoms with van der Waals surface area (Å²) in [4.78, 5) is 0. The maximum Gasteiger partial charge on any atom is 0.0701 e. The molecular formula is C50H102O13. The van der Waals surface area contributed by atoms with Crippen molar-refractivity contribution >= 4 is 0 Å². The minimum atomic E-state index is 0.518. The second-order valence-corrected chi connectivity index (χ2v) is 16.0. The average Bonchev–Trinajstić information content (AvgIpc) is 3.29. The molecule has 0 fully saturated rings. The van der Waals surface area contributed by atoms with Gasteiger partial charge < -0.3 is 61.6 Å². The Morgan fingerprint density at radius 3 is 0.381 bits per heavy atom. The van der Waals surface area contributed by atoms with Gasteiger partial charge >= 0.3 is 0 Å². The summed E-state index contributed by atoms with van der Waals surface area (Å²) in [5.41, 5.74) is 0. The monoisotopic (exact) mass is 911 g/mol. The van der Waals surface area contributed by atoms with E-state index in [4.69, 9.17) is 61.6 Å². The molecule has 0 saturated carbocycles. The molecule has 0 radical (unpaired) electrons. The summed E-state index contributed by atoms with van der Waals surface area (Å²) in [6, 6.07) is 0. The Labute approximate surface area is 387 Å². The first-order chi connectivity index (χ1) is 31.4. The van der Waals surface area contributed by atoms with E-state index >= 15 is 0 Å². The summed E-state index contributed by atoms with van der Waals surface area (Å²) in [6.07, 6.45) is 29.8. The number of rotatable bonds is 60. The van der Waals surface area contributed by atoms with Gasteiger partial charge in [-0.2, -0.15) is 0 Å². The van der Waals surface area contributed by atoms with Crippen molar-refractivity contribution in [3.05, 3.63) is 0 Å². The van der Waals surface area contributed by atoms with E-state index in [9.17, 15) is 0 Å². The van der Waals surface area contributed by atoms with Crippen LogP contribution in [0.25, 0.3) is 0 Å². The van der Waals surface area contributed by atoms with E-state index in [2.05, 4.69) is 13.8 Å². The Morgan fingerprint density at radius 2 is 0.238 bits per heavy atom. The highest BCUT2D eigenvalue weighted by atomic mass is 16.6. The van der Waals surface area contributed by atoms with Crippen molar-refractivity contribution in [2.45, 2.75) is 155 Å². The summed E-state index contributed by atoms with van der Waals surface area (Å²) in [5, 5.41) is 0. The molecule has 0 amide bonds. The molecule has 0 aliphatic heterocycles. The fourth-order valence-electron chi connectivity index (χ4n) is 6.48. The van der Waals surface area contributed by atoms with E-state index in [1.165, 1.54) is 128 Å². The topological polar surface area (TPSA) is 120 Å². The molecule has 13 nitrogen and oxygen atoms in total. The molecule has 380 valence electrons. The molecule has 0 atom stereocenters. The molecule has 0 heterocycles. The van der Waals surface area contributed by atoms with Crippen LogP contribution >= 0.6 is 0 Å². The average molecular weight is 911 g/mol. The fraction of sp³-hybridized carbons (Fsp3) is 1.00.